The van der Waals surface area contributed by atoms with Crippen molar-refractivity contribution >= 4 is 34.8 Å². The summed E-state index contributed by atoms with van der Waals surface area (Å²) in [4.78, 5) is 17.5. The van der Waals surface area contributed by atoms with Gasteiger partial charge < -0.3 is 10.0 Å². The Bertz CT molecular complexity index is 1200. The molecular weight excluding hydrogens is 372 g/mol. The predicted molar refractivity (Wildman–Crippen MR) is 123 cm³/mol. The van der Waals surface area contributed by atoms with Crippen LogP contribution in [0.15, 0.2) is 84.9 Å². The molecule has 4 heteroatoms. The van der Waals surface area contributed by atoms with Crippen LogP contribution in [0, 0.1) is 0 Å². The standard InChI is InChI=1S/C26H22N2O2/c1-28(18-26(29)30)25-17-22(21-10-6-3-7-11-21)23-16-20(14-15-24(23)27-25)13-12-19-8-4-2-5-9-19/h2-17H,18H2,1H3,(H,29,30)/b13-12+. The van der Waals surface area contributed by atoms with Crippen molar-refractivity contribution in [1.29, 1.82) is 0 Å². The molecule has 0 aliphatic heterocycles. The molecule has 0 spiro atoms. The summed E-state index contributed by atoms with van der Waals surface area (Å²) in [5.74, 6) is -0.251. The van der Waals surface area contributed by atoms with Gasteiger partial charge in [-0.3, -0.25) is 4.79 Å². The molecule has 4 rings (SSSR count). The average Bonchev–Trinajstić information content (AvgIpc) is 2.77. The van der Waals surface area contributed by atoms with Gasteiger partial charge in [-0.15, -0.1) is 0 Å². The summed E-state index contributed by atoms with van der Waals surface area (Å²) in [5.41, 5.74) is 5.16. The number of benzene rings is 3. The minimum absolute atomic E-state index is 0.107. The first kappa shape index (κ1) is 19.4. The minimum Gasteiger partial charge on any atom is -0.480 e. The molecule has 4 nitrogen and oxygen atoms in total. The first-order chi connectivity index (χ1) is 14.6. The smallest absolute Gasteiger partial charge is 0.323 e. The number of hydrogen-bond donors (Lipinski definition) is 1. The third-order valence-electron chi connectivity index (χ3n) is 4.94. The zero-order valence-electron chi connectivity index (χ0n) is 16.7. The second kappa shape index (κ2) is 8.62. The van der Waals surface area contributed by atoms with Crippen LogP contribution >= 0.6 is 0 Å². The molecule has 1 heterocycles. The van der Waals surface area contributed by atoms with Gasteiger partial charge in [0.1, 0.15) is 12.4 Å². The number of aromatic nitrogens is 1. The highest BCUT2D eigenvalue weighted by molar-refractivity contribution is 5.97. The van der Waals surface area contributed by atoms with Crippen LogP contribution in [0.1, 0.15) is 11.1 Å². The van der Waals surface area contributed by atoms with Crippen LogP contribution in [0.3, 0.4) is 0 Å². The van der Waals surface area contributed by atoms with Crippen molar-refractivity contribution in [2.45, 2.75) is 0 Å². The van der Waals surface area contributed by atoms with Gasteiger partial charge in [0, 0.05) is 12.4 Å². The van der Waals surface area contributed by atoms with Crippen molar-refractivity contribution in [2.24, 2.45) is 0 Å². The molecule has 0 atom stereocenters. The lowest BCUT2D eigenvalue weighted by Crippen LogP contribution is -2.25. The molecule has 1 N–H and O–H groups in total. The second-order valence-corrected chi connectivity index (χ2v) is 7.16. The number of aliphatic carboxylic acids is 1. The largest absolute Gasteiger partial charge is 0.480 e. The molecule has 4 aromatic rings. The summed E-state index contributed by atoms with van der Waals surface area (Å²) in [6, 6.07) is 28.4. The van der Waals surface area contributed by atoms with Crippen molar-refractivity contribution < 1.29 is 9.90 Å². The first-order valence-corrected chi connectivity index (χ1v) is 9.76. The lowest BCUT2D eigenvalue weighted by atomic mass is 9.99. The van der Waals surface area contributed by atoms with Gasteiger partial charge >= 0.3 is 5.97 Å². The molecule has 30 heavy (non-hydrogen) atoms. The normalized spacial score (nSPS) is 11.1. The van der Waals surface area contributed by atoms with Crippen molar-refractivity contribution in [2.75, 3.05) is 18.5 Å². The maximum atomic E-state index is 11.2. The van der Waals surface area contributed by atoms with Crippen LogP contribution in [0.2, 0.25) is 0 Å². The van der Waals surface area contributed by atoms with E-state index in [1.807, 2.05) is 54.6 Å². The Morgan fingerprint density at radius 2 is 1.57 bits per heavy atom. The lowest BCUT2D eigenvalue weighted by molar-refractivity contribution is -0.135. The lowest BCUT2D eigenvalue weighted by Gasteiger charge is -2.18. The summed E-state index contributed by atoms with van der Waals surface area (Å²) >= 11 is 0. The van der Waals surface area contributed by atoms with Gasteiger partial charge in [-0.1, -0.05) is 78.9 Å². The van der Waals surface area contributed by atoms with Crippen LogP contribution in [0.4, 0.5) is 5.82 Å². The third-order valence-corrected chi connectivity index (χ3v) is 4.94. The summed E-state index contributed by atoms with van der Waals surface area (Å²) in [6.07, 6.45) is 4.18. The van der Waals surface area contributed by atoms with Crippen LogP contribution in [-0.2, 0) is 4.79 Å². The molecule has 0 amide bonds. The molecular formula is C26H22N2O2. The predicted octanol–water partition coefficient (Wildman–Crippen LogP) is 5.59. The Morgan fingerprint density at radius 3 is 2.27 bits per heavy atom. The van der Waals surface area contributed by atoms with E-state index in [2.05, 4.69) is 42.5 Å². The van der Waals surface area contributed by atoms with E-state index < -0.39 is 5.97 Å². The maximum Gasteiger partial charge on any atom is 0.323 e. The monoisotopic (exact) mass is 394 g/mol. The molecule has 0 saturated heterocycles. The Morgan fingerprint density at radius 1 is 0.900 bits per heavy atom. The number of anilines is 1. The van der Waals surface area contributed by atoms with E-state index in [9.17, 15) is 4.79 Å². The van der Waals surface area contributed by atoms with E-state index in [0.717, 1.165) is 33.2 Å². The fourth-order valence-corrected chi connectivity index (χ4v) is 3.43. The first-order valence-electron chi connectivity index (χ1n) is 9.76. The van der Waals surface area contributed by atoms with Crippen molar-refractivity contribution in [3.05, 3.63) is 96.1 Å². The van der Waals surface area contributed by atoms with Gasteiger partial charge in [0.2, 0.25) is 0 Å². The van der Waals surface area contributed by atoms with E-state index in [1.165, 1.54) is 0 Å². The van der Waals surface area contributed by atoms with Crippen molar-refractivity contribution in [1.82, 2.24) is 4.98 Å². The van der Waals surface area contributed by atoms with E-state index >= 15 is 0 Å². The number of carbonyl (C=O) groups is 1. The van der Waals surface area contributed by atoms with E-state index in [-0.39, 0.29) is 6.54 Å². The van der Waals surface area contributed by atoms with Crippen LogP contribution < -0.4 is 4.90 Å². The van der Waals surface area contributed by atoms with Gasteiger partial charge in [0.25, 0.3) is 0 Å². The number of nitrogens with zero attached hydrogens (tertiary/aromatic N) is 2. The summed E-state index contributed by atoms with van der Waals surface area (Å²) < 4.78 is 0. The highest BCUT2D eigenvalue weighted by atomic mass is 16.4. The van der Waals surface area contributed by atoms with Gasteiger partial charge in [-0.05, 0) is 40.5 Å². The van der Waals surface area contributed by atoms with Gasteiger partial charge in [0.15, 0.2) is 0 Å². The molecule has 0 saturated carbocycles. The SMILES string of the molecule is CN(CC(=O)O)c1cc(-c2ccccc2)c2cc(/C=C/c3ccccc3)ccc2n1. The number of carboxylic acids is 1. The van der Waals surface area contributed by atoms with Crippen molar-refractivity contribution in [3.8, 4) is 11.1 Å². The molecule has 148 valence electrons. The van der Waals surface area contributed by atoms with Crippen LogP contribution in [-0.4, -0.2) is 29.7 Å². The van der Waals surface area contributed by atoms with Gasteiger partial charge in [-0.25, -0.2) is 4.98 Å². The number of carboxylic acid groups (broad SMARTS) is 1. The Labute approximate surface area is 175 Å². The van der Waals surface area contributed by atoms with E-state index in [0.29, 0.717) is 5.82 Å². The van der Waals surface area contributed by atoms with Crippen LogP contribution in [0.5, 0.6) is 0 Å². The highest BCUT2D eigenvalue weighted by Gasteiger charge is 2.13. The quantitative estimate of drug-likeness (QED) is 0.433. The average molecular weight is 394 g/mol. The maximum absolute atomic E-state index is 11.2. The molecule has 1 aromatic heterocycles. The molecule has 0 radical (unpaired) electrons. The number of pyridine rings is 1. The van der Waals surface area contributed by atoms with Crippen LogP contribution in [0.25, 0.3) is 34.2 Å². The topological polar surface area (TPSA) is 53.4 Å². The molecule has 0 bridgehead atoms. The van der Waals surface area contributed by atoms with E-state index in [4.69, 9.17) is 10.1 Å². The van der Waals surface area contributed by atoms with Gasteiger partial charge in [-0.2, -0.15) is 0 Å². The summed E-state index contributed by atoms with van der Waals surface area (Å²) in [6.45, 7) is -0.107. The minimum atomic E-state index is -0.887. The molecule has 0 aliphatic rings. The molecule has 3 aromatic carbocycles. The highest BCUT2D eigenvalue weighted by Crippen LogP contribution is 2.32. The molecule has 0 unspecified atom stereocenters. The summed E-state index contributed by atoms with van der Waals surface area (Å²) in [5, 5.41) is 10.2. The fourth-order valence-electron chi connectivity index (χ4n) is 3.43. The Balaban J connectivity index is 1.82. The fraction of sp³-hybridized carbons (Fsp3) is 0.0769. The Hall–Kier alpha value is -3.92. The van der Waals surface area contributed by atoms with E-state index in [1.54, 1.807) is 11.9 Å². The molecule has 0 aliphatic carbocycles. The number of fused-ring (bicyclic) bond motifs is 1. The van der Waals surface area contributed by atoms with Gasteiger partial charge in [0.05, 0.1) is 5.52 Å². The zero-order chi connectivity index (χ0) is 20.9. The summed E-state index contributed by atoms with van der Waals surface area (Å²) in [7, 11) is 1.74. The second-order valence-electron chi connectivity index (χ2n) is 7.16. The number of hydrogen-bond acceptors (Lipinski definition) is 3. The number of rotatable bonds is 6. The Kier molecular flexibility index (Phi) is 5.57. The molecule has 0 fully saturated rings. The zero-order valence-corrected chi connectivity index (χ0v) is 16.7. The third kappa shape index (κ3) is 4.39. The van der Waals surface area contributed by atoms with Crippen molar-refractivity contribution in [3.63, 3.8) is 0 Å². The number of likely N-dealkylation sites (N-methyl/N-ethyl adjacent to an activating group) is 1.